The number of aryl methyl sites for hydroxylation is 1. The lowest BCUT2D eigenvalue weighted by Gasteiger charge is -2.01. The highest BCUT2D eigenvalue weighted by molar-refractivity contribution is 5.62. The minimum Gasteiger partial charge on any atom is -0.209 e. The second-order valence-electron chi connectivity index (χ2n) is 5.52. The van der Waals surface area contributed by atoms with Crippen molar-refractivity contribution in [3.63, 3.8) is 0 Å². The van der Waals surface area contributed by atoms with E-state index < -0.39 is 11.7 Å². The first-order valence-electron chi connectivity index (χ1n) is 7.83. The Hall–Kier alpha value is -2.40. The van der Waals surface area contributed by atoms with Crippen LogP contribution in [-0.2, 0) is 0 Å². The van der Waals surface area contributed by atoms with Crippen LogP contribution in [0.3, 0.4) is 0 Å². The normalized spacial score (nSPS) is 11.5. The number of benzene rings is 2. The molecule has 2 heteroatoms. The van der Waals surface area contributed by atoms with Gasteiger partial charge in [0.1, 0.15) is 5.83 Å². The predicted molar refractivity (Wildman–Crippen MR) is 92.3 cm³/mol. The molecule has 118 valence electrons. The second kappa shape index (κ2) is 8.29. The smallest absolute Gasteiger partial charge is 0.161 e. The maximum Gasteiger partial charge on any atom is 0.161 e. The van der Waals surface area contributed by atoms with Crippen LogP contribution in [0.15, 0.2) is 54.4 Å². The Morgan fingerprint density at radius 2 is 1.39 bits per heavy atom. The Bertz CT molecular complexity index is 726. The monoisotopic (exact) mass is 310 g/mol. The summed E-state index contributed by atoms with van der Waals surface area (Å²) in [6.07, 6.45) is 1.64. The fourth-order valence-electron chi connectivity index (χ4n) is 2.08. The molecule has 0 fully saturated rings. The highest BCUT2D eigenvalue weighted by Crippen LogP contribution is 2.24. The van der Waals surface area contributed by atoms with Crippen LogP contribution in [0.4, 0.5) is 8.78 Å². The quantitative estimate of drug-likeness (QED) is 0.590. The van der Waals surface area contributed by atoms with Gasteiger partial charge in [-0.3, -0.25) is 0 Å². The molecule has 0 aliphatic carbocycles. The molecule has 0 radical (unpaired) electrons. The molecule has 0 aliphatic heterocycles. The van der Waals surface area contributed by atoms with E-state index in [0.717, 1.165) is 17.5 Å². The van der Waals surface area contributed by atoms with Gasteiger partial charge in [-0.25, -0.2) is 8.78 Å². The molecule has 0 nitrogen and oxygen atoms in total. The van der Waals surface area contributed by atoms with Crippen LogP contribution >= 0.6 is 0 Å². The average Bonchev–Trinajstić information content (AvgIpc) is 2.59. The molecule has 0 heterocycles. The summed E-state index contributed by atoms with van der Waals surface area (Å²) < 4.78 is 27.6. The molecule has 23 heavy (non-hydrogen) atoms. The maximum atomic E-state index is 13.9. The first kappa shape index (κ1) is 17.0. The van der Waals surface area contributed by atoms with Crippen molar-refractivity contribution in [2.45, 2.75) is 33.1 Å². The molecule has 0 saturated carbocycles. The Morgan fingerprint density at radius 1 is 0.870 bits per heavy atom. The Labute approximate surface area is 136 Å². The minimum absolute atomic E-state index is 0.150. The van der Waals surface area contributed by atoms with Gasteiger partial charge in [0, 0.05) is 23.1 Å². The Kier molecular flexibility index (Phi) is 6.11. The molecule has 0 aliphatic rings. The lowest BCUT2D eigenvalue weighted by molar-refractivity contribution is 0.548. The van der Waals surface area contributed by atoms with E-state index in [0.29, 0.717) is 6.42 Å². The summed E-state index contributed by atoms with van der Waals surface area (Å²) in [5.41, 5.74) is 3.15. The van der Waals surface area contributed by atoms with E-state index in [9.17, 15) is 8.78 Å². The molecule has 2 aromatic carbocycles. The van der Waals surface area contributed by atoms with Gasteiger partial charge in [0.25, 0.3) is 0 Å². The number of halogens is 2. The third kappa shape index (κ3) is 5.07. The summed E-state index contributed by atoms with van der Waals surface area (Å²) in [4.78, 5) is 0. The standard InChI is InChI=1S/C21H20F2/c1-3-4-5-20(22)21(23)19-14-12-18(13-15-19)11-10-17-8-6-16(2)7-9-17/h6-9,12-15H,3-5H2,1-2H3/b21-20-. The minimum atomic E-state index is -0.767. The van der Waals surface area contributed by atoms with Crippen LogP contribution in [0.5, 0.6) is 0 Å². The van der Waals surface area contributed by atoms with Crippen molar-refractivity contribution >= 4 is 5.83 Å². The summed E-state index contributed by atoms with van der Waals surface area (Å²) in [7, 11) is 0. The van der Waals surface area contributed by atoms with Gasteiger partial charge in [0.2, 0.25) is 0 Å². The molecular formula is C21H20F2. The largest absolute Gasteiger partial charge is 0.209 e. The van der Waals surface area contributed by atoms with E-state index in [1.165, 1.54) is 5.56 Å². The van der Waals surface area contributed by atoms with Crippen molar-refractivity contribution in [3.8, 4) is 11.8 Å². The van der Waals surface area contributed by atoms with Gasteiger partial charge in [-0.2, -0.15) is 0 Å². The lowest BCUT2D eigenvalue weighted by atomic mass is 10.1. The zero-order valence-electron chi connectivity index (χ0n) is 13.5. The average molecular weight is 310 g/mol. The first-order valence-corrected chi connectivity index (χ1v) is 7.83. The second-order valence-corrected chi connectivity index (χ2v) is 5.52. The van der Waals surface area contributed by atoms with Gasteiger partial charge in [0.05, 0.1) is 0 Å². The fraction of sp³-hybridized carbons (Fsp3) is 0.238. The van der Waals surface area contributed by atoms with Crippen LogP contribution in [-0.4, -0.2) is 0 Å². The molecule has 0 spiro atoms. The molecular weight excluding hydrogens is 290 g/mol. The van der Waals surface area contributed by atoms with Crippen LogP contribution in [0.1, 0.15) is 48.4 Å². The van der Waals surface area contributed by atoms with Gasteiger partial charge in [-0.1, -0.05) is 55.0 Å². The molecule has 0 amide bonds. The van der Waals surface area contributed by atoms with E-state index >= 15 is 0 Å². The zero-order valence-corrected chi connectivity index (χ0v) is 13.5. The van der Waals surface area contributed by atoms with Crippen LogP contribution in [0, 0.1) is 18.8 Å². The molecule has 0 saturated heterocycles. The lowest BCUT2D eigenvalue weighted by Crippen LogP contribution is -1.85. The highest BCUT2D eigenvalue weighted by Gasteiger charge is 2.08. The van der Waals surface area contributed by atoms with Gasteiger partial charge < -0.3 is 0 Å². The third-order valence-corrected chi connectivity index (χ3v) is 3.53. The van der Waals surface area contributed by atoms with Crippen molar-refractivity contribution in [2.75, 3.05) is 0 Å². The van der Waals surface area contributed by atoms with Crippen molar-refractivity contribution in [1.29, 1.82) is 0 Å². The first-order chi connectivity index (χ1) is 11.1. The molecule has 2 rings (SSSR count). The van der Waals surface area contributed by atoms with E-state index in [1.807, 2.05) is 38.1 Å². The van der Waals surface area contributed by atoms with Crippen molar-refractivity contribution in [1.82, 2.24) is 0 Å². The molecule has 0 aromatic heterocycles. The molecule has 0 N–H and O–H groups in total. The maximum absolute atomic E-state index is 13.9. The number of hydrogen-bond acceptors (Lipinski definition) is 0. The van der Waals surface area contributed by atoms with Crippen LogP contribution in [0.25, 0.3) is 5.83 Å². The summed E-state index contributed by atoms with van der Waals surface area (Å²) in [6, 6.07) is 14.5. The molecule has 2 aromatic rings. The molecule has 0 atom stereocenters. The van der Waals surface area contributed by atoms with E-state index in [4.69, 9.17) is 0 Å². The zero-order chi connectivity index (χ0) is 16.7. The Morgan fingerprint density at radius 3 is 1.91 bits per heavy atom. The van der Waals surface area contributed by atoms with Gasteiger partial charge in [0.15, 0.2) is 5.83 Å². The number of rotatable bonds is 4. The third-order valence-electron chi connectivity index (χ3n) is 3.53. The van der Waals surface area contributed by atoms with Gasteiger partial charge >= 0.3 is 0 Å². The van der Waals surface area contributed by atoms with Crippen molar-refractivity contribution in [3.05, 3.63) is 76.6 Å². The van der Waals surface area contributed by atoms with E-state index in [2.05, 4.69) is 11.8 Å². The number of allylic oxidation sites excluding steroid dienone is 1. The summed E-state index contributed by atoms with van der Waals surface area (Å²) in [5, 5.41) is 0. The van der Waals surface area contributed by atoms with E-state index in [-0.39, 0.29) is 12.0 Å². The summed E-state index contributed by atoms with van der Waals surface area (Å²) in [6.45, 7) is 3.98. The number of unbranched alkanes of at least 4 members (excludes halogenated alkanes) is 1. The molecule has 0 bridgehead atoms. The number of hydrogen-bond donors (Lipinski definition) is 0. The van der Waals surface area contributed by atoms with Crippen LogP contribution < -0.4 is 0 Å². The van der Waals surface area contributed by atoms with Crippen LogP contribution in [0.2, 0.25) is 0 Å². The van der Waals surface area contributed by atoms with E-state index in [1.54, 1.807) is 24.3 Å². The summed E-state index contributed by atoms with van der Waals surface area (Å²) >= 11 is 0. The molecule has 0 unspecified atom stereocenters. The fourth-order valence-corrected chi connectivity index (χ4v) is 2.08. The van der Waals surface area contributed by atoms with Crippen molar-refractivity contribution < 1.29 is 8.78 Å². The SMILES string of the molecule is CCCC/C(F)=C(/F)c1ccc(C#Cc2ccc(C)cc2)cc1. The Balaban J connectivity index is 2.12. The predicted octanol–water partition coefficient (Wildman–Crippen LogP) is 6.19. The van der Waals surface area contributed by atoms with Gasteiger partial charge in [-0.15, -0.1) is 0 Å². The topological polar surface area (TPSA) is 0 Å². The summed E-state index contributed by atoms with van der Waals surface area (Å²) in [5.74, 6) is 4.64. The van der Waals surface area contributed by atoms with Gasteiger partial charge in [-0.05, 0) is 37.6 Å². The highest BCUT2D eigenvalue weighted by atomic mass is 19.2. The van der Waals surface area contributed by atoms with Crippen molar-refractivity contribution in [2.24, 2.45) is 0 Å².